The van der Waals surface area contributed by atoms with E-state index in [1.807, 2.05) is 42.5 Å². The van der Waals surface area contributed by atoms with E-state index in [0.29, 0.717) is 16.8 Å². The van der Waals surface area contributed by atoms with Crippen LogP contribution in [0.3, 0.4) is 0 Å². The molecule has 0 aromatic heterocycles. The molecule has 0 spiro atoms. The number of methoxy groups -OCH3 is 1. The number of nitrogens with one attached hydrogen (secondary N) is 1. The number of rotatable bonds is 6. The van der Waals surface area contributed by atoms with Crippen molar-refractivity contribution in [2.45, 2.75) is 25.5 Å². The number of hydrogen-bond donors (Lipinski definition) is 2. The molecule has 2 N–H and O–H groups in total. The van der Waals surface area contributed by atoms with Gasteiger partial charge in [-0.1, -0.05) is 24.3 Å². The van der Waals surface area contributed by atoms with E-state index in [4.69, 9.17) is 10.00 Å². The largest absolute Gasteiger partial charge is 0.496 e. The van der Waals surface area contributed by atoms with Gasteiger partial charge in [0.15, 0.2) is 0 Å². The maximum Gasteiger partial charge on any atom is 0.255 e. The molecule has 3 aromatic rings. The second-order valence-electron chi connectivity index (χ2n) is 8.26. The lowest BCUT2D eigenvalue weighted by Gasteiger charge is -2.30. The van der Waals surface area contributed by atoms with Crippen molar-refractivity contribution in [2.75, 3.05) is 25.5 Å². The molecule has 6 heteroatoms. The minimum atomic E-state index is -0.252. The van der Waals surface area contributed by atoms with E-state index in [9.17, 15) is 9.90 Å². The monoisotopic (exact) mass is 441 g/mol. The molecule has 33 heavy (non-hydrogen) atoms. The zero-order valence-electron chi connectivity index (χ0n) is 18.6. The Morgan fingerprint density at radius 3 is 2.52 bits per heavy atom. The molecule has 0 radical (unpaired) electrons. The summed E-state index contributed by atoms with van der Waals surface area (Å²) >= 11 is 0. The highest BCUT2D eigenvalue weighted by Gasteiger charge is 2.18. The van der Waals surface area contributed by atoms with Gasteiger partial charge in [0.1, 0.15) is 5.75 Å². The molecule has 3 aromatic carbocycles. The smallest absolute Gasteiger partial charge is 0.255 e. The van der Waals surface area contributed by atoms with Crippen molar-refractivity contribution < 1.29 is 14.6 Å². The Morgan fingerprint density at radius 1 is 1.09 bits per heavy atom. The van der Waals surface area contributed by atoms with Crippen LogP contribution in [0.5, 0.6) is 5.75 Å². The van der Waals surface area contributed by atoms with Crippen LogP contribution in [-0.4, -0.2) is 42.2 Å². The molecule has 1 saturated heterocycles. The molecule has 6 nitrogen and oxygen atoms in total. The maximum atomic E-state index is 12.5. The third-order valence-corrected chi connectivity index (χ3v) is 5.96. The van der Waals surface area contributed by atoms with Gasteiger partial charge in [0.2, 0.25) is 0 Å². The number of likely N-dealkylation sites (tertiary alicyclic amines) is 1. The summed E-state index contributed by atoms with van der Waals surface area (Å²) in [4.78, 5) is 14.8. The van der Waals surface area contributed by atoms with E-state index >= 15 is 0 Å². The molecule has 0 atom stereocenters. The van der Waals surface area contributed by atoms with Crippen LogP contribution >= 0.6 is 0 Å². The number of anilines is 1. The second kappa shape index (κ2) is 10.3. The molecule has 4 rings (SSSR count). The number of nitrogens with zero attached hydrogens (tertiary/aromatic N) is 2. The van der Waals surface area contributed by atoms with Crippen molar-refractivity contribution in [3.8, 4) is 22.9 Å². The zero-order chi connectivity index (χ0) is 23.2. The van der Waals surface area contributed by atoms with Crippen molar-refractivity contribution in [3.05, 3.63) is 83.4 Å². The van der Waals surface area contributed by atoms with Crippen molar-refractivity contribution in [1.82, 2.24) is 4.90 Å². The molecule has 1 heterocycles. The summed E-state index contributed by atoms with van der Waals surface area (Å²) in [5.41, 5.74) is 4.81. The van der Waals surface area contributed by atoms with E-state index in [1.54, 1.807) is 31.4 Å². The Kier molecular flexibility index (Phi) is 7.04. The number of nitriles is 1. The molecular formula is C27H27N3O3. The Balaban J connectivity index is 1.47. The molecule has 1 fully saturated rings. The summed E-state index contributed by atoms with van der Waals surface area (Å²) in [6.45, 7) is 2.53. The maximum absolute atomic E-state index is 12.5. The fourth-order valence-electron chi connectivity index (χ4n) is 4.08. The zero-order valence-corrected chi connectivity index (χ0v) is 18.6. The first-order valence-corrected chi connectivity index (χ1v) is 11.0. The summed E-state index contributed by atoms with van der Waals surface area (Å²) in [6, 6.07) is 22.5. The van der Waals surface area contributed by atoms with E-state index in [-0.39, 0.29) is 12.0 Å². The quantitative estimate of drug-likeness (QED) is 0.591. The van der Waals surface area contributed by atoms with Crippen LogP contribution in [-0.2, 0) is 6.54 Å². The first kappa shape index (κ1) is 22.5. The molecule has 0 aliphatic carbocycles. The first-order chi connectivity index (χ1) is 16.1. The standard InChI is InChI=1S/C27H27N3O3/c1-33-26-10-7-21(16-23(26)18-30-13-11-25(31)12-14-30)20-5-8-24(9-6-20)29-27(32)22-4-2-3-19(15-22)17-28/h2-10,15-16,25,31H,11-14,18H2,1H3,(H,29,32). The molecule has 1 amide bonds. The molecule has 0 bridgehead atoms. The Hall–Kier alpha value is -3.66. The van der Waals surface area contributed by atoms with E-state index in [0.717, 1.165) is 54.9 Å². The number of carbonyl (C=O) groups is 1. The Bertz CT molecular complexity index is 1160. The number of benzene rings is 3. The van der Waals surface area contributed by atoms with Crippen LogP contribution in [0.15, 0.2) is 66.7 Å². The van der Waals surface area contributed by atoms with Gasteiger partial charge in [0.25, 0.3) is 5.91 Å². The minimum absolute atomic E-state index is 0.191. The van der Waals surface area contributed by atoms with Crippen molar-refractivity contribution >= 4 is 11.6 Å². The molecule has 0 saturated carbocycles. The summed E-state index contributed by atoms with van der Waals surface area (Å²) in [5.74, 6) is 0.603. The third-order valence-electron chi connectivity index (χ3n) is 5.96. The topological polar surface area (TPSA) is 85.6 Å². The van der Waals surface area contributed by atoms with Gasteiger partial charge < -0.3 is 15.2 Å². The number of carbonyl (C=O) groups excluding carboxylic acids is 1. The second-order valence-corrected chi connectivity index (χ2v) is 8.26. The van der Waals surface area contributed by atoms with E-state index < -0.39 is 0 Å². The molecule has 168 valence electrons. The normalized spacial score (nSPS) is 14.5. The Labute approximate surface area is 194 Å². The summed E-state index contributed by atoms with van der Waals surface area (Å²) < 4.78 is 5.58. The van der Waals surface area contributed by atoms with Crippen molar-refractivity contribution in [3.63, 3.8) is 0 Å². The molecule has 1 aliphatic heterocycles. The van der Waals surface area contributed by atoms with Crippen LogP contribution in [0.4, 0.5) is 5.69 Å². The average molecular weight is 442 g/mol. The van der Waals surface area contributed by atoms with E-state index in [2.05, 4.69) is 16.3 Å². The predicted molar refractivity (Wildman–Crippen MR) is 128 cm³/mol. The number of aliphatic hydroxyl groups excluding tert-OH is 1. The van der Waals surface area contributed by atoms with Gasteiger partial charge in [0, 0.05) is 36.4 Å². The fourth-order valence-corrected chi connectivity index (χ4v) is 4.08. The predicted octanol–water partition coefficient (Wildman–Crippen LogP) is 4.44. The van der Waals surface area contributed by atoms with Crippen molar-refractivity contribution in [1.29, 1.82) is 5.26 Å². The highest BCUT2D eigenvalue weighted by Crippen LogP contribution is 2.29. The lowest BCUT2D eigenvalue weighted by molar-refractivity contribution is 0.0789. The number of piperidine rings is 1. The van der Waals surface area contributed by atoms with Crippen LogP contribution in [0.25, 0.3) is 11.1 Å². The fraction of sp³-hybridized carbons (Fsp3) is 0.259. The van der Waals surface area contributed by atoms with E-state index in [1.165, 1.54) is 0 Å². The van der Waals surface area contributed by atoms with Gasteiger partial charge in [-0.15, -0.1) is 0 Å². The number of amides is 1. The van der Waals surface area contributed by atoms with Crippen LogP contribution in [0.1, 0.15) is 34.3 Å². The molecular weight excluding hydrogens is 414 g/mol. The third kappa shape index (κ3) is 5.58. The highest BCUT2D eigenvalue weighted by molar-refractivity contribution is 6.04. The lowest BCUT2D eigenvalue weighted by atomic mass is 10.0. The summed E-state index contributed by atoms with van der Waals surface area (Å²) in [7, 11) is 1.68. The van der Waals surface area contributed by atoms with Gasteiger partial charge in [-0.3, -0.25) is 9.69 Å². The van der Waals surface area contributed by atoms with Crippen LogP contribution < -0.4 is 10.1 Å². The van der Waals surface area contributed by atoms with Crippen LogP contribution in [0.2, 0.25) is 0 Å². The number of ether oxygens (including phenoxy) is 1. The minimum Gasteiger partial charge on any atom is -0.496 e. The van der Waals surface area contributed by atoms with Gasteiger partial charge in [-0.2, -0.15) is 5.26 Å². The molecule has 1 aliphatic rings. The number of aliphatic hydroxyl groups is 1. The van der Waals surface area contributed by atoms with Gasteiger partial charge in [0.05, 0.1) is 24.8 Å². The lowest BCUT2D eigenvalue weighted by Crippen LogP contribution is -2.35. The molecule has 0 unspecified atom stereocenters. The number of hydrogen-bond acceptors (Lipinski definition) is 5. The van der Waals surface area contributed by atoms with Gasteiger partial charge in [-0.05, 0) is 66.4 Å². The summed E-state index contributed by atoms with van der Waals surface area (Å²) in [6.07, 6.45) is 1.41. The van der Waals surface area contributed by atoms with Gasteiger partial charge in [-0.25, -0.2) is 0 Å². The van der Waals surface area contributed by atoms with Crippen LogP contribution in [0, 0.1) is 11.3 Å². The SMILES string of the molecule is COc1ccc(-c2ccc(NC(=O)c3cccc(C#N)c3)cc2)cc1CN1CCC(O)CC1. The summed E-state index contributed by atoms with van der Waals surface area (Å²) in [5, 5.41) is 21.7. The first-order valence-electron chi connectivity index (χ1n) is 11.0. The van der Waals surface area contributed by atoms with Gasteiger partial charge >= 0.3 is 0 Å². The Morgan fingerprint density at radius 2 is 1.82 bits per heavy atom. The highest BCUT2D eigenvalue weighted by atomic mass is 16.5. The average Bonchev–Trinajstić information content (AvgIpc) is 2.86. The van der Waals surface area contributed by atoms with Crippen molar-refractivity contribution in [2.24, 2.45) is 0 Å².